The number of hydrogen-bond donors (Lipinski definition) is 1. The molecule has 6 nitrogen and oxygen atoms in total. The summed E-state index contributed by atoms with van der Waals surface area (Å²) in [5.74, 6) is -2.50. The lowest BCUT2D eigenvalue weighted by Gasteiger charge is -2.37. The van der Waals surface area contributed by atoms with Crippen molar-refractivity contribution in [3.8, 4) is 11.3 Å². The van der Waals surface area contributed by atoms with E-state index in [-0.39, 0.29) is 16.9 Å². The zero-order valence-electron chi connectivity index (χ0n) is 16.9. The van der Waals surface area contributed by atoms with Gasteiger partial charge < -0.3 is 0 Å². The molecule has 0 aliphatic carbocycles. The zero-order valence-corrected chi connectivity index (χ0v) is 17.7. The lowest BCUT2D eigenvalue weighted by molar-refractivity contribution is -0.137. The van der Waals surface area contributed by atoms with Gasteiger partial charge in [0, 0.05) is 29.6 Å². The first-order valence-electron chi connectivity index (χ1n) is 9.73. The fourth-order valence-corrected chi connectivity index (χ4v) is 5.58. The van der Waals surface area contributed by atoms with Gasteiger partial charge in [-0.3, -0.25) is 14.4 Å². The molecule has 174 valence electrons. The van der Waals surface area contributed by atoms with Crippen LogP contribution in [0.25, 0.3) is 11.3 Å². The number of hydrogen-bond acceptors (Lipinski definition) is 4. The number of alkyl halides is 3. The van der Waals surface area contributed by atoms with Gasteiger partial charge in [-0.05, 0) is 42.0 Å². The molecule has 1 atom stereocenters. The van der Waals surface area contributed by atoms with Crippen LogP contribution in [0.3, 0.4) is 0 Å². The Morgan fingerprint density at radius 1 is 0.971 bits per heavy atom. The van der Waals surface area contributed by atoms with Crippen molar-refractivity contribution in [2.75, 3.05) is 4.31 Å². The van der Waals surface area contributed by atoms with Crippen LogP contribution in [0.15, 0.2) is 72.0 Å². The van der Waals surface area contributed by atoms with E-state index in [0.29, 0.717) is 23.3 Å². The molecule has 2 aromatic carbocycles. The first-order chi connectivity index (χ1) is 16.1. The highest BCUT2D eigenvalue weighted by Crippen LogP contribution is 2.49. The van der Waals surface area contributed by atoms with E-state index >= 15 is 0 Å². The van der Waals surface area contributed by atoms with Gasteiger partial charge in [-0.25, -0.2) is 17.2 Å². The lowest BCUT2D eigenvalue weighted by Crippen LogP contribution is -2.38. The van der Waals surface area contributed by atoms with E-state index in [0.717, 1.165) is 28.6 Å². The number of halogens is 5. The molecule has 12 heteroatoms. The van der Waals surface area contributed by atoms with Gasteiger partial charge in [-0.2, -0.15) is 18.3 Å². The third kappa shape index (κ3) is 3.41. The van der Waals surface area contributed by atoms with E-state index in [1.165, 1.54) is 18.6 Å². The van der Waals surface area contributed by atoms with Gasteiger partial charge in [-0.1, -0.05) is 6.07 Å². The Morgan fingerprint density at radius 2 is 1.68 bits per heavy atom. The van der Waals surface area contributed by atoms with Crippen molar-refractivity contribution in [1.82, 2.24) is 15.2 Å². The molecule has 1 unspecified atom stereocenters. The molecule has 0 saturated carbocycles. The standard InChI is InChI=1S/C22H13F5N4O2S/c23-17-8-15-19(9-18(17)24)31(34(32,33)14-5-3-13(4-6-14)22(25,26)27)21(12-2-1-7-28-10-12)16-11-29-30-20(15)16/h1-11,21H,(H,29,30). The third-order valence-electron chi connectivity index (χ3n) is 5.48. The van der Waals surface area contributed by atoms with Crippen LogP contribution in [-0.4, -0.2) is 23.6 Å². The molecule has 4 aromatic rings. The van der Waals surface area contributed by atoms with Crippen molar-refractivity contribution >= 4 is 15.7 Å². The number of rotatable bonds is 3. The summed E-state index contributed by atoms with van der Waals surface area (Å²) in [5, 5.41) is 6.64. The van der Waals surface area contributed by atoms with Gasteiger partial charge in [-0.15, -0.1) is 0 Å². The first kappa shape index (κ1) is 22.0. The van der Waals surface area contributed by atoms with E-state index in [9.17, 15) is 30.4 Å². The Bertz CT molecular complexity index is 1490. The molecule has 2 aromatic heterocycles. The maximum absolute atomic E-state index is 14.3. The Balaban J connectivity index is 1.77. The highest BCUT2D eigenvalue weighted by atomic mass is 32.2. The number of aromatic nitrogens is 3. The van der Waals surface area contributed by atoms with Gasteiger partial charge in [0.25, 0.3) is 10.0 Å². The van der Waals surface area contributed by atoms with Gasteiger partial charge in [0.2, 0.25) is 0 Å². The van der Waals surface area contributed by atoms with Crippen LogP contribution < -0.4 is 4.31 Å². The average Bonchev–Trinajstić information content (AvgIpc) is 3.29. The summed E-state index contributed by atoms with van der Waals surface area (Å²) in [4.78, 5) is 3.56. The van der Waals surface area contributed by atoms with Crippen molar-refractivity contribution in [2.24, 2.45) is 0 Å². The second-order valence-corrected chi connectivity index (χ2v) is 9.31. The Morgan fingerprint density at radius 3 is 2.32 bits per heavy atom. The Kier molecular flexibility index (Phi) is 4.93. The fourth-order valence-electron chi connectivity index (χ4n) is 3.95. The summed E-state index contributed by atoms with van der Waals surface area (Å²) in [7, 11) is -4.58. The minimum atomic E-state index is -4.66. The fraction of sp³-hybridized carbons (Fsp3) is 0.0909. The summed E-state index contributed by atoms with van der Waals surface area (Å²) >= 11 is 0. The molecule has 3 heterocycles. The summed E-state index contributed by atoms with van der Waals surface area (Å²) in [6.45, 7) is 0. The smallest absolute Gasteiger partial charge is 0.277 e. The molecule has 0 radical (unpaired) electrons. The van der Waals surface area contributed by atoms with Gasteiger partial charge in [0.15, 0.2) is 11.6 Å². The van der Waals surface area contributed by atoms with E-state index < -0.39 is 44.3 Å². The maximum atomic E-state index is 14.3. The topological polar surface area (TPSA) is 79.0 Å². The quantitative estimate of drug-likeness (QED) is 0.405. The number of pyridine rings is 1. The van der Waals surface area contributed by atoms with E-state index in [4.69, 9.17) is 0 Å². The Hall–Kier alpha value is -3.80. The maximum Gasteiger partial charge on any atom is 0.416 e. The predicted octanol–water partition coefficient (Wildman–Crippen LogP) is 5.07. The molecular formula is C22H13F5N4O2S. The highest BCUT2D eigenvalue weighted by Gasteiger charge is 2.42. The summed E-state index contributed by atoms with van der Waals surface area (Å²) in [6, 6.07) is 6.57. The number of anilines is 1. The monoisotopic (exact) mass is 492 g/mol. The molecule has 0 fully saturated rings. The molecule has 1 aliphatic heterocycles. The van der Waals surface area contributed by atoms with Crippen molar-refractivity contribution in [2.45, 2.75) is 17.1 Å². The van der Waals surface area contributed by atoms with Crippen LogP contribution in [0.2, 0.25) is 0 Å². The van der Waals surface area contributed by atoms with Gasteiger partial charge in [0.1, 0.15) is 6.04 Å². The van der Waals surface area contributed by atoms with Gasteiger partial charge >= 0.3 is 6.18 Å². The predicted molar refractivity (Wildman–Crippen MR) is 111 cm³/mol. The molecular weight excluding hydrogens is 479 g/mol. The minimum absolute atomic E-state index is 0.0297. The summed E-state index contributed by atoms with van der Waals surface area (Å²) in [5.41, 5.74) is -0.203. The Labute approximate surface area is 189 Å². The molecule has 1 aliphatic rings. The van der Waals surface area contributed by atoms with Crippen LogP contribution in [0.4, 0.5) is 27.6 Å². The van der Waals surface area contributed by atoms with Crippen LogP contribution in [0, 0.1) is 11.6 Å². The van der Waals surface area contributed by atoms with Crippen LogP contribution in [0.5, 0.6) is 0 Å². The third-order valence-corrected chi connectivity index (χ3v) is 7.28. The number of aromatic amines is 1. The first-order valence-corrected chi connectivity index (χ1v) is 11.2. The SMILES string of the molecule is O=S(=O)(c1ccc(C(F)(F)F)cc1)N1c2cc(F)c(F)cc2-c2[nH]ncc2C1c1cccnc1. The summed E-state index contributed by atoms with van der Waals surface area (Å²) < 4.78 is 95.9. The van der Waals surface area contributed by atoms with E-state index in [1.807, 2.05) is 0 Å². The number of benzene rings is 2. The van der Waals surface area contributed by atoms with Crippen molar-refractivity contribution in [1.29, 1.82) is 0 Å². The minimum Gasteiger partial charge on any atom is -0.277 e. The van der Waals surface area contributed by atoms with Gasteiger partial charge in [0.05, 0.1) is 28.0 Å². The molecule has 1 N–H and O–H groups in total. The lowest BCUT2D eigenvalue weighted by atomic mass is 9.92. The second-order valence-electron chi connectivity index (χ2n) is 7.50. The zero-order chi connectivity index (χ0) is 24.3. The van der Waals surface area contributed by atoms with Crippen LogP contribution in [0.1, 0.15) is 22.7 Å². The normalized spacial score (nSPS) is 15.7. The van der Waals surface area contributed by atoms with Crippen LogP contribution in [-0.2, 0) is 16.2 Å². The van der Waals surface area contributed by atoms with Crippen molar-refractivity contribution in [3.63, 3.8) is 0 Å². The number of nitrogens with one attached hydrogen (secondary N) is 1. The molecule has 0 bridgehead atoms. The average molecular weight is 492 g/mol. The summed E-state index contributed by atoms with van der Waals surface area (Å²) in [6.07, 6.45) is -0.432. The number of sulfonamides is 1. The number of nitrogens with zero attached hydrogens (tertiary/aromatic N) is 3. The largest absolute Gasteiger partial charge is 0.416 e. The molecule has 5 rings (SSSR count). The van der Waals surface area contributed by atoms with Crippen molar-refractivity contribution < 1.29 is 30.4 Å². The molecule has 0 saturated heterocycles. The van der Waals surface area contributed by atoms with E-state index in [2.05, 4.69) is 15.2 Å². The number of fused-ring (bicyclic) bond motifs is 3. The van der Waals surface area contributed by atoms with E-state index in [1.54, 1.807) is 12.1 Å². The second kappa shape index (κ2) is 7.62. The highest BCUT2D eigenvalue weighted by molar-refractivity contribution is 7.92. The van der Waals surface area contributed by atoms with Crippen molar-refractivity contribution in [3.05, 3.63) is 95.4 Å². The van der Waals surface area contributed by atoms with Crippen LogP contribution >= 0.6 is 0 Å². The molecule has 0 spiro atoms. The molecule has 34 heavy (non-hydrogen) atoms. The number of H-pyrrole nitrogens is 1. The molecule has 0 amide bonds.